The molecular weight excluding hydrogens is 423 g/mol. The average Bonchev–Trinajstić information content (AvgIpc) is 2.74. The van der Waals surface area contributed by atoms with E-state index in [1.54, 1.807) is 60.8 Å². The molecule has 1 amide bonds. The monoisotopic (exact) mass is 444 g/mol. The van der Waals surface area contributed by atoms with Gasteiger partial charge in [0.2, 0.25) is 0 Å². The average molecular weight is 445 g/mol. The SMILES string of the molecule is O=C(NCCc1cccc(F)c1)c1cccnc1SCCS(=O)(=O)c1ccccc1. The molecule has 0 saturated carbocycles. The van der Waals surface area contributed by atoms with Crippen LogP contribution in [0.3, 0.4) is 0 Å². The molecule has 30 heavy (non-hydrogen) atoms. The van der Waals surface area contributed by atoms with Gasteiger partial charge in [-0.1, -0.05) is 30.3 Å². The summed E-state index contributed by atoms with van der Waals surface area (Å²) in [6.07, 6.45) is 2.07. The Labute approximate surface area is 179 Å². The van der Waals surface area contributed by atoms with Crippen LogP contribution in [-0.4, -0.2) is 37.4 Å². The number of nitrogens with zero attached hydrogens (tertiary/aromatic N) is 1. The molecule has 2 aromatic carbocycles. The molecule has 3 aromatic rings. The van der Waals surface area contributed by atoms with E-state index >= 15 is 0 Å². The Balaban J connectivity index is 1.56. The van der Waals surface area contributed by atoms with Crippen molar-refractivity contribution in [3.8, 4) is 0 Å². The second-order valence-corrected chi connectivity index (χ2v) is 9.67. The molecule has 0 aliphatic carbocycles. The molecule has 1 aromatic heterocycles. The van der Waals surface area contributed by atoms with Gasteiger partial charge >= 0.3 is 0 Å². The van der Waals surface area contributed by atoms with Crippen molar-refractivity contribution < 1.29 is 17.6 Å². The highest BCUT2D eigenvalue weighted by Crippen LogP contribution is 2.21. The molecule has 0 unspecified atom stereocenters. The van der Waals surface area contributed by atoms with Crippen LogP contribution < -0.4 is 5.32 Å². The number of carbonyl (C=O) groups excluding carboxylic acids is 1. The third-order valence-corrected chi connectivity index (χ3v) is 7.29. The molecule has 0 atom stereocenters. The van der Waals surface area contributed by atoms with Crippen molar-refractivity contribution in [1.82, 2.24) is 10.3 Å². The Bertz CT molecular complexity index is 1110. The van der Waals surface area contributed by atoms with Crippen LogP contribution in [0, 0.1) is 5.82 Å². The van der Waals surface area contributed by atoms with Crippen LogP contribution in [0.4, 0.5) is 4.39 Å². The Hall–Kier alpha value is -2.71. The maximum Gasteiger partial charge on any atom is 0.254 e. The van der Waals surface area contributed by atoms with Gasteiger partial charge in [-0.05, 0) is 48.4 Å². The first-order valence-corrected chi connectivity index (χ1v) is 12.0. The van der Waals surface area contributed by atoms with Gasteiger partial charge in [0.1, 0.15) is 10.8 Å². The minimum Gasteiger partial charge on any atom is -0.352 e. The van der Waals surface area contributed by atoms with Gasteiger partial charge in [-0.3, -0.25) is 4.79 Å². The number of benzene rings is 2. The summed E-state index contributed by atoms with van der Waals surface area (Å²) in [5.41, 5.74) is 1.18. The van der Waals surface area contributed by atoms with E-state index in [1.165, 1.54) is 23.9 Å². The van der Waals surface area contributed by atoms with E-state index in [2.05, 4.69) is 10.3 Å². The van der Waals surface area contributed by atoms with Crippen LogP contribution in [0.1, 0.15) is 15.9 Å². The van der Waals surface area contributed by atoms with E-state index in [9.17, 15) is 17.6 Å². The standard InChI is InChI=1S/C22H21FN2O3S2/c23-18-7-4-6-17(16-18)11-13-24-21(26)20-10-5-12-25-22(20)29-14-15-30(27,28)19-8-2-1-3-9-19/h1-10,12,16H,11,13-15H2,(H,24,26). The van der Waals surface area contributed by atoms with Crippen LogP contribution in [0.5, 0.6) is 0 Å². The molecule has 8 heteroatoms. The number of nitrogens with one attached hydrogen (secondary N) is 1. The summed E-state index contributed by atoms with van der Waals surface area (Å²) in [5, 5.41) is 3.28. The van der Waals surface area contributed by atoms with Crippen molar-refractivity contribution in [3.05, 3.63) is 89.9 Å². The molecule has 0 spiro atoms. The van der Waals surface area contributed by atoms with E-state index in [0.29, 0.717) is 23.6 Å². The number of carbonyl (C=O) groups is 1. The first-order valence-electron chi connectivity index (χ1n) is 9.34. The third kappa shape index (κ3) is 6.14. The van der Waals surface area contributed by atoms with Gasteiger partial charge in [-0.25, -0.2) is 17.8 Å². The highest BCUT2D eigenvalue weighted by molar-refractivity contribution is 8.00. The minimum atomic E-state index is -3.39. The lowest BCUT2D eigenvalue weighted by Gasteiger charge is -2.09. The summed E-state index contributed by atoms with van der Waals surface area (Å²) in [5.74, 6) is -0.389. The fraction of sp³-hybridized carbons (Fsp3) is 0.182. The second kappa shape index (κ2) is 10.4. The van der Waals surface area contributed by atoms with Crippen molar-refractivity contribution in [1.29, 1.82) is 0 Å². The topological polar surface area (TPSA) is 76.1 Å². The molecule has 1 heterocycles. The van der Waals surface area contributed by atoms with Gasteiger partial charge in [-0.2, -0.15) is 0 Å². The fourth-order valence-corrected chi connectivity index (χ4v) is 5.44. The van der Waals surface area contributed by atoms with Crippen molar-refractivity contribution in [2.24, 2.45) is 0 Å². The predicted octanol–water partition coefficient (Wildman–Crippen LogP) is 3.76. The number of hydrogen-bond acceptors (Lipinski definition) is 5. The van der Waals surface area contributed by atoms with E-state index < -0.39 is 9.84 Å². The largest absolute Gasteiger partial charge is 0.352 e. The molecule has 0 radical (unpaired) electrons. The number of sulfone groups is 1. The zero-order chi connectivity index (χ0) is 21.4. The first-order chi connectivity index (χ1) is 14.5. The number of pyridine rings is 1. The van der Waals surface area contributed by atoms with Crippen LogP contribution in [0.15, 0.2) is 82.8 Å². The van der Waals surface area contributed by atoms with Crippen LogP contribution in [0.2, 0.25) is 0 Å². The summed E-state index contributed by atoms with van der Waals surface area (Å²) in [6.45, 7) is 0.351. The zero-order valence-electron chi connectivity index (χ0n) is 16.1. The summed E-state index contributed by atoms with van der Waals surface area (Å²) in [6, 6.07) is 17.8. The normalized spacial score (nSPS) is 11.2. The Morgan fingerprint density at radius 1 is 1.03 bits per heavy atom. The summed E-state index contributed by atoms with van der Waals surface area (Å²) >= 11 is 1.23. The third-order valence-electron chi connectivity index (χ3n) is 4.30. The maximum absolute atomic E-state index is 13.2. The lowest BCUT2D eigenvalue weighted by Crippen LogP contribution is -2.26. The summed E-state index contributed by atoms with van der Waals surface area (Å²) in [7, 11) is -3.39. The number of thioether (sulfide) groups is 1. The van der Waals surface area contributed by atoms with Gasteiger partial charge in [-0.15, -0.1) is 11.8 Å². The minimum absolute atomic E-state index is 0.0567. The van der Waals surface area contributed by atoms with E-state index in [4.69, 9.17) is 0 Å². The Kier molecular flexibility index (Phi) is 7.59. The molecule has 0 saturated heterocycles. The number of rotatable bonds is 9. The number of amides is 1. The molecule has 3 rings (SSSR count). The number of halogens is 1. The Morgan fingerprint density at radius 2 is 1.83 bits per heavy atom. The van der Waals surface area contributed by atoms with Gasteiger partial charge in [0.05, 0.1) is 16.2 Å². The highest BCUT2D eigenvalue weighted by Gasteiger charge is 2.16. The molecule has 0 fully saturated rings. The van der Waals surface area contributed by atoms with Gasteiger partial charge < -0.3 is 5.32 Å². The zero-order valence-corrected chi connectivity index (χ0v) is 17.8. The predicted molar refractivity (Wildman–Crippen MR) is 116 cm³/mol. The molecule has 156 valence electrons. The lowest BCUT2D eigenvalue weighted by atomic mass is 10.1. The molecule has 1 N–H and O–H groups in total. The fourth-order valence-electron chi connectivity index (χ4n) is 2.78. The van der Waals surface area contributed by atoms with Crippen molar-refractivity contribution >= 4 is 27.5 Å². The maximum atomic E-state index is 13.2. The molecule has 5 nitrogen and oxygen atoms in total. The molecule has 0 bridgehead atoms. The van der Waals surface area contributed by atoms with Crippen molar-refractivity contribution in [2.45, 2.75) is 16.3 Å². The van der Waals surface area contributed by atoms with Gasteiger partial charge in [0.25, 0.3) is 5.91 Å². The van der Waals surface area contributed by atoms with Crippen molar-refractivity contribution in [3.63, 3.8) is 0 Å². The first kappa shape index (κ1) is 22.0. The van der Waals surface area contributed by atoms with E-state index in [1.807, 2.05) is 0 Å². The second-order valence-electron chi connectivity index (χ2n) is 6.47. The van der Waals surface area contributed by atoms with Gasteiger partial charge in [0.15, 0.2) is 9.84 Å². The number of aromatic nitrogens is 1. The molecule has 0 aliphatic heterocycles. The number of hydrogen-bond donors (Lipinski definition) is 1. The summed E-state index contributed by atoms with van der Waals surface area (Å²) < 4.78 is 38.0. The van der Waals surface area contributed by atoms with Crippen molar-refractivity contribution in [2.75, 3.05) is 18.1 Å². The van der Waals surface area contributed by atoms with Crippen LogP contribution >= 0.6 is 11.8 Å². The molecular formula is C22H21FN2O3S2. The smallest absolute Gasteiger partial charge is 0.254 e. The van der Waals surface area contributed by atoms with E-state index in [-0.39, 0.29) is 28.1 Å². The van der Waals surface area contributed by atoms with E-state index in [0.717, 1.165) is 5.56 Å². The quantitative estimate of drug-likeness (QED) is 0.509. The highest BCUT2D eigenvalue weighted by atomic mass is 32.2. The summed E-state index contributed by atoms with van der Waals surface area (Å²) in [4.78, 5) is 17.1. The molecule has 0 aliphatic rings. The van der Waals surface area contributed by atoms with Gasteiger partial charge in [0, 0.05) is 18.5 Å². The lowest BCUT2D eigenvalue weighted by molar-refractivity contribution is 0.0950. The van der Waals surface area contributed by atoms with Crippen LogP contribution in [0.25, 0.3) is 0 Å². The Morgan fingerprint density at radius 3 is 2.60 bits per heavy atom. The van der Waals surface area contributed by atoms with Crippen LogP contribution in [-0.2, 0) is 16.3 Å².